The van der Waals surface area contributed by atoms with Crippen molar-refractivity contribution in [1.29, 1.82) is 0 Å². The average molecular weight is 481 g/mol. The van der Waals surface area contributed by atoms with Crippen LogP contribution in [0.5, 0.6) is 5.75 Å². The number of anilines is 1. The first-order chi connectivity index (χ1) is 14.0. The number of benzene rings is 1. The number of hydrogen-bond donors (Lipinski definition) is 1. The number of halogens is 4. The molecular weight excluding hydrogens is 465 g/mol. The number of thiazole rings is 1. The van der Waals surface area contributed by atoms with E-state index in [9.17, 15) is 21.6 Å². The molecule has 2 aromatic heterocycles. The van der Waals surface area contributed by atoms with Crippen LogP contribution in [0.2, 0.25) is 5.15 Å². The first-order valence-electron chi connectivity index (χ1n) is 8.75. The molecule has 0 bridgehead atoms. The van der Waals surface area contributed by atoms with E-state index in [2.05, 4.69) is 9.71 Å². The zero-order valence-electron chi connectivity index (χ0n) is 15.5. The summed E-state index contributed by atoms with van der Waals surface area (Å²) in [4.78, 5) is 6.29. The number of alkyl halides is 3. The van der Waals surface area contributed by atoms with Crippen molar-refractivity contribution < 1.29 is 26.3 Å². The maximum absolute atomic E-state index is 13.4. The van der Waals surface area contributed by atoms with Crippen LogP contribution in [0.3, 0.4) is 0 Å². The highest BCUT2D eigenvalue weighted by atomic mass is 35.5. The van der Waals surface area contributed by atoms with Gasteiger partial charge in [0.1, 0.15) is 11.9 Å². The third kappa shape index (κ3) is 4.09. The lowest BCUT2D eigenvalue weighted by molar-refractivity contribution is -0.139. The van der Waals surface area contributed by atoms with Gasteiger partial charge in [-0.25, -0.2) is 4.98 Å². The summed E-state index contributed by atoms with van der Waals surface area (Å²) in [6.07, 6.45) is -3.00. The normalized spacial score (nSPS) is 18.2. The maximum atomic E-state index is 13.4. The Hall–Kier alpha value is -2.02. The number of aromatic nitrogens is 2. The molecule has 13 heteroatoms. The van der Waals surface area contributed by atoms with Crippen LogP contribution in [-0.2, 0) is 16.2 Å². The van der Waals surface area contributed by atoms with Crippen LogP contribution in [0.25, 0.3) is 4.96 Å². The van der Waals surface area contributed by atoms with E-state index in [1.807, 2.05) is 11.9 Å². The number of nitrogens with one attached hydrogen (secondary N) is 1. The molecule has 1 N–H and O–H groups in total. The minimum Gasteiger partial charge on any atom is -0.488 e. The first kappa shape index (κ1) is 21.2. The van der Waals surface area contributed by atoms with Crippen LogP contribution in [0.1, 0.15) is 12.0 Å². The maximum Gasteiger partial charge on any atom is 0.419 e. The molecular formula is C17H16ClF3N4O3S2. The fraction of sp³-hybridized carbons (Fsp3) is 0.353. The predicted octanol–water partition coefficient (Wildman–Crippen LogP) is 3.95. The number of rotatable bonds is 5. The predicted molar refractivity (Wildman–Crippen MR) is 107 cm³/mol. The second-order valence-corrected chi connectivity index (χ2v) is 9.70. The molecule has 1 aliphatic rings. The topological polar surface area (TPSA) is 75.9 Å². The number of ether oxygens (including phenoxy) is 1. The summed E-state index contributed by atoms with van der Waals surface area (Å²) in [5.41, 5.74) is -1.05. The highest BCUT2D eigenvalue weighted by Gasteiger charge is 2.36. The van der Waals surface area contributed by atoms with Crippen LogP contribution in [0.4, 0.5) is 18.9 Å². The van der Waals surface area contributed by atoms with Gasteiger partial charge in [-0.3, -0.25) is 9.12 Å². The molecule has 0 aliphatic carbocycles. The minimum absolute atomic E-state index is 0.0782. The molecule has 0 saturated carbocycles. The summed E-state index contributed by atoms with van der Waals surface area (Å²) < 4.78 is 75.1. The van der Waals surface area contributed by atoms with E-state index in [1.165, 1.54) is 21.9 Å². The van der Waals surface area contributed by atoms with Gasteiger partial charge in [0.25, 0.3) is 10.0 Å². The van der Waals surface area contributed by atoms with Gasteiger partial charge in [-0.1, -0.05) is 11.6 Å². The number of hydrogen-bond acceptors (Lipinski definition) is 6. The highest BCUT2D eigenvalue weighted by Crippen LogP contribution is 2.39. The van der Waals surface area contributed by atoms with Gasteiger partial charge in [-0.05, 0) is 25.6 Å². The minimum atomic E-state index is -4.64. The monoisotopic (exact) mass is 480 g/mol. The van der Waals surface area contributed by atoms with Crippen molar-refractivity contribution >= 4 is 43.6 Å². The second-order valence-electron chi connectivity index (χ2n) is 6.87. The molecule has 0 spiro atoms. The lowest BCUT2D eigenvalue weighted by atomic mass is 10.1. The molecule has 1 aromatic carbocycles. The van der Waals surface area contributed by atoms with Crippen molar-refractivity contribution in [3.8, 4) is 5.75 Å². The molecule has 0 amide bonds. The lowest BCUT2D eigenvalue weighted by Gasteiger charge is -2.19. The van der Waals surface area contributed by atoms with E-state index in [0.717, 1.165) is 18.2 Å². The third-order valence-electron chi connectivity index (χ3n) is 4.61. The van der Waals surface area contributed by atoms with Gasteiger partial charge in [0, 0.05) is 30.7 Å². The second kappa shape index (κ2) is 7.59. The van der Waals surface area contributed by atoms with Gasteiger partial charge in [0.05, 0.1) is 11.3 Å². The van der Waals surface area contributed by atoms with E-state index in [-0.39, 0.29) is 15.9 Å². The third-order valence-corrected chi connectivity index (χ3v) is 7.15. The first-order valence-corrected chi connectivity index (χ1v) is 11.5. The van der Waals surface area contributed by atoms with Crippen LogP contribution >= 0.6 is 22.9 Å². The van der Waals surface area contributed by atoms with Crippen molar-refractivity contribution in [2.45, 2.75) is 23.7 Å². The number of imidazole rings is 1. The van der Waals surface area contributed by atoms with E-state index in [0.29, 0.717) is 24.5 Å². The smallest absolute Gasteiger partial charge is 0.419 e. The Morgan fingerprint density at radius 3 is 2.80 bits per heavy atom. The van der Waals surface area contributed by atoms with E-state index < -0.39 is 33.6 Å². The molecule has 3 heterocycles. The number of sulfonamides is 1. The zero-order chi connectivity index (χ0) is 21.7. The standard InChI is InChI=1S/C17H16ClF3N4O3S2/c1-24-5-4-11(9-24)28-13-8-10(2-3-12(13)17(19,20)21)23-30(26,27)15-14(18)22-16-25(15)6-7-29-16/h2-3,6-8,11,23H,4-5,9H2,1H3. The van der Waals surface area contributed by atoms with Crippen LogP contribution in [0.15, 0.2) is 34.8 Å². The molecule has 0 radical (unpaired) electrons. The Balaban J connectivity index is 1.68. The van der Waals surface area contributed by atoms with Gasteiger partial charge in [0.2, 0.25) is 0 Å². The SMILES string of the molecule is CN1CCC(Oc2cc(NS(=O)(=O)c3c(Cl)nc4sccn34)ccc2C(F)(F)F)C1. The van der Waals surface area contributed by atoms with Crippen molar-refractivity contribution in [2.24, 2.45) is 0 Å². The summed E-state index contributed by atoms with van der Waals surface area (Å²) in [6.45, 7) is 1.18. The van der Waals surface area contributed by atoms with Crippen molar-refractivity contribution in [1.82, 2.24) is 14.3 Å². The average Bonchev–Trinajstić information content (AvgIpc) is 3.29. The zero-order valence-corrected chi connectivity index (χ0v) is 17.9. The molecule has 1 aliphatic heterocycles. The fourth-order valence-electron chi connectivity index (χ4n) is 3.27. The summed E-state index contributed by atoms with van der Waals surface area (Å²) in [5.74, 6) is -0.428. The number of nitrogens with zero attached hydrogens (tertiary/aromatic N) is 3. The lowest BCUT2D eigenvalue weighted by Crippen LogP contribution is -2.23. The summed E-state index contributed by atoms with van der Waals surface area (Å²) >= 11 is 7.18. The van der Waals surface area contributed by atoms with Gasteiger partial charge in [0.15, 0.2) is 15.1 Å². The number of likely N-dealkylation sites (tertiary alicyclic amines) is 1. The molecule has 162 valence electrons. The highest BCUT2D eigenvalue weighted by molar-refractivity contribution is 7.92. The van der Waals surface area contributed by atoms with Crippen molar-refractivity contribution in [3.63, 3.8) is 0 Å². The number of fused-ring (bicyclic) bond motifs is 1. The van der Waals surface area contributed by atoms with Crippen molar-refractivity contribution in [2.75, 3.05) is 24.9 Å². The van der Waals surface area contributed by atoms with Crippen LogP contribution < -0.4 is 9.46 Å². The molecule has 4 rings (SSSR count). The van der Waals surface area contributed by atoms with Crippen LogP contribution in [-0.4, -0.2) is 48.9 Å². The van der Waals surface area contributed by atoms with Gasteiger partial charge >= 0.3 is 6.18 Å². The van der Waals surface area contributed by atoms with E-state index >= 15 is 0 Å². The summed E-state index contributed by atoms with van der Waals surface area (Å²) in [6, 6.07) is 2.87. The van der Waals surface area contributed by atoms with Crippen molar-refractivity contribution in [3.05, 3.63) is 40.5 Å². The molecule has 30 heavy (non-hydrogen) atoms. The quantitative estimate of drug-likeness (QED) is 0.598. The molecule has 1 unspecified atom stereocenters. The largest absolute Gasteiger partial charge is 0.488 e. The van der Waals surface area contributed by atoms with E-state index in [4.69, 9.17) is 16.3 Å². The molecule has 1 fully saturated rings. The Kier molecular flexibility index (Phi) is 5.37. The fourth-order valence-corrected chi connectivity index (χ4v) is 5.78. The van der Waals surface area contributed by atoms with Gasteiger partial charge < -0.3 is 9.64 Å². The van der Waals surface area contributed by atoms with Crippen LogP contribution in [0, 0.1) is 0 Å². The molecule has 1 saturated heterocycles. The van der Waals surface area contributed by atoms with E-state index in [1.54, 1.807) is 5.38 Å². The molecule has 1 atom stereocenters. The van der Waals surface area contributed by atoms with Gasteiger partial charge in [-0.15, -0.1) is 11.3 Å². The van der Waals surface area contributed by atoms with Gasteiger partial charge in [-0.2, -0.15) is 21.6 Å². The Bertz CT molecular complexity index is 1190. The molecule has 3 aromatic rings. The summed E-state index contributed by atoms with van der Waals surface area (Å²) in [7, 11) is -2.37. The Labute approximate surface area is 179 Å². The molecule has 7 nitrogen and oxygen atoms in total. The number of likely N-dealkylation sites (N-methyl/N-ethyl adjacent to an activating group) is 1. The Morgan fingerprint density at radius 1 is 1.37 bits per heavy atom. The Morgan fingerprint density at radius 2 is 2.13 bits per heavy atom. The summed E-state index contributed by atoms with van der Waals surface area (Å²) in [5, 5.41) is 1.12.